The molecule has 0 aliphatic heterocycles. The van der Waals surface area contributed by atoms with Gasteiger partial charge in [-0.3, -0.25) is 0 Å². The van der Waals surface area contributed by atoms with Crippen LogP contribution in [0.1, 0.15) is 36.9 Å². The molecule has 1 aliphatic rings. The molecule has 3 rings (SSSR count). The van der Waals surface area contributed by atoms with Gasteiger partial charge in [-0.25, -0.2) is 0 Å². The highest BCUT2D eigenvalue weighted by molar-refractivity contribution is 9.09. The zero-order valence-electron chi connectivity index (χ0n) is 12.2. The van der Waals surface area contributed by atoms with E-state index in [-0.39, 0.29) is 0 Å². The molecule has 0 radical (unpaired) electrons. The van der Waals surface area contributed by atoms with E-state index in [0.717, 1.165) is 10.7 Å². The molecule has 1 nitrogen and oxygen atoms in total. The number of H-pyrrole nitrogens is 1. The molecule has 0 spiro atoms. The van der Waals surface area contributed by atoms with Gasteiger partial charge in [0.15, 0.2) is 0 Å². The number of hydrogen-bond acceptors (Lipinski definition) is 0. The number of aromatic amines is 1. The molecule has 0 saturated heterocycles. The van der Waals surface area contributed by atoms with Crippen molar-refractivity contribution in [3.8, 4) is 0 Å². The molecule has 1 N–H and O–H groups in total. The Hall–Kier alpha value is -0.540. The lowest BCUT2D eigenvalue weighted by molar-refractivity contribution is 0.315. The van der Waals surface area contributed by atoms with Crippen LogP contribution in [0.2, 0.25) is 0 Å². The third-order valence-electron chi connectivity index (χ3n) is 4.60. The van der Waals surface area contributed by atoms with Gasteiger partial charge in [0.05, 0.1) is 0 Å². The fourth-order valence-corrected chi connectivity index (χ4v) is 4.09. The predicted octanol–water partition coefficient (Wildman–Crippen LogP) is 6.07. The van der Waals surface area contributed by atoms with Crippen molar-refractivity contribution in [3.63, 3.8) is 0 Å². The molecule has 0 atom stereocenters. The normalized spacial score (nSPS) is 16.3. The van der Waals surface area contributed by atoms with E-state index in [9.17, 15) is 0 Å². The number of halogens is 2. The van der Waals surface area contributed by atoms with Crippen molar-refractivity contribution in [1.29, 1.82) is 0 Å². The second-order valence-electron chi connectivity index (χ2n) is 6.02. The zero-order valence-corrected chi connectivity index (χ0v) is 15.3. The molecule has 1 heterocycles. The fraction of sp³-hybridized carbons (Fsp3) is 0.444. The molecule has 1 aliphatic carbocycles. The maximum Gasteiger partial charge on any atom is 0.0461 e. The fourth-order valence-electron chi connectivity index (χ4n) is 3.53. The van der Waals surface area contributed by atoms with Crippen LogP contribution in [0.25, 0.3) is 17.0 Å². The van der Waals surface area contributed by atoms with Crippen LogP contribution in [-0.2, 0) is 6.42 Å². The summed E-state index contributed by atoms with van der Waals surface area (Å²) in [4.78, 5) is 3.56. The van der Waals surface area contributed by atoms with Crippen molar-refractivity contribution >= 4 is 48.8 Å². The van der Waals surface area contributed by atoms with Crippen molar-refractivity contribution < 1.29 is 0 Å². The molecule has 0 amide bonds. The summed E-state index contributed by atoms with van der Waals surface area (Å²) in [6, 6.07) is 8.69. The monoisotopic (exact) mass is 409 g/mol. The topological polar surface area (TPSA) is 15.8 Å². The SMILES string of the molecule is BrCCCC1(CCCBr)C=Cc2[nH]c3ccccc3c2C1. The summed E-state index contributed by atoms with van der Waals surface area (Å²) in [7, 11) is 0. The Morgan fingerprint density at radius 2 is 1.76 bits per heavy atom. The van der Waals surface area contributed by atoms with Gasteiger partial charge in [0.1, 0.15) is 0 Å². The molecule has 0 fully saturated rings. The molecule has 0 saturated carbocycles. The Morgan fingerprint density at radius 3 is 2.48 bits per heavy atom. The Labute approximate surface area is 143 Å². The summed E-state index contributed by atoms with van der Waals surface area (Å²) in [6.07, 6.45) is 11.0. The van der Waals surface area contributed by atoms with E-state index >= 15 is 0 Å². The van der Waals surface area contributed by atoms with Gasteiger partial charge in [-0.05, 0) is 55.2 Å². The van der Waals surface area contributed by atoms with E-state index in [1.165, 1.54) is 54.3 Å². The number of rotatable bonds is 6. The van der Waals surface area contributed by atoms with Crippen molar-refractivity contribution in [3.05, 3.63) is 41.6 Å². The van der Waals surface area contributed by atoms with E-state index in [2.05, 4.69) is 73.3 Å². The smallest absolute Gasteiger partial charge is 0.0461 e. The maximum atomic E-state index is 3.59. The largest absolute Gasteiger partial charge is 0.355 e. The minimum absolute atomic E-state index is 0.333. The Bertz CT molecular complexity index is 634. The van der Waals surface area contributed by atoms with Crippen molar-refractivity contribution in [2.45, 2.75) is 32.1 Å². The second kappa shape index (κ2) is 6.70. The van der Waals surface area contributed by atoms with Gasteiger partial charge in [-0.2, -0.15) is 0 Å². The molecule has 21 heavy (non-hydrogen) atoms. The van der Waals surface area contributed by atoms with E-state index in [1.54, 1.807) is 0 Å². The third kappa shape index (κ3) is 3.14. The number of nitrogens with one attached hydrogen (secondary N) is 1. The minimum Gasteiger partial charge on any atom is -0.355 e. The number of para-hydroxylation sites is 1. The van der Waals surface area contributed by atoms with Crippen LogP contribution in [0.5, 0.6) is 0 Å². The van der Waals surface area contributed by atoms with Gasteiger partial charge in [0, 0.05) is 27.3 Å². The van der Waals surface area contributed by atoms with Crippen LogP contribution in [0.4, 0.5) is 0 Å². The van der Waals surface area contributed by atoms with Crippen molar-refractivity contribution in [1.82, 2.24) is 4.98 Å². The summed E-state index contributed by atoms with van der Waals surface area (Å²) in [5, 5.41) is 3.59. The lowest BCUT2D eigenvalue weighted by Crippen LogP contribution is -2.24. The highest BCUT2D eigenvalue weighted by atomic mass is 79.9. The summed E-state index contributed by atoms with van der Waals surface area (Å²) in [5.74, 6) is 0. The molecule has 112 valence electrons. The molecule has 0 unspecified atom stereocenters. The van der Waals surface area contributed by atoms with Crippen LogP contribution in [-0.4, -0.2) is 15.6 Å². The van der Waals surface area contributed by atoms with E-state index in [4.69, 9.17) is 0 Å². The molecule has 0 bridgehead atoms. The zero-order chi connectivity index (χ0) is 14.7. The summed E-state index contributed by atoms with van der Waals surface area (Å²) < 4.78 is 0. The molecular formula is C18H21Br2N. The van der Waals surface area contributed by atoms with Gasteiger partial charge in [0.2, 0.25) is 0 Å². The molecule has 1 aromatic carbocycles. The van der Waals surface area contributed by atoms with Crippen LogP contribution in [0.3, 0.4) is 0 Å². The highest BCUT2D eigenvalue weighted by Crippen LogP contribution is 2.42. The van der Waals surface area contributed by atoms with Gasteiger partial charge in [-0.1, -0.05) is 56.1 Å². The molecule has 3 heteroatoms. The standard InChI is InChI=1S/C18H21Br2N/c19-11-3-8-18(9-4-12-20)10-7-17-15(13-18)14-5-1-2-6-16(14)21-17/h1-2,5-7,10,21H,3-4,8-9,11-13H2. The quantitative estimate of drug-likeness (QED) is 0.555. The van der Waals surface area contributed by atoms with Crippen molar-refractivity contribution in [2.75, 3.05) is 10.7 Å². The number of allylic oxidation sites excluding steroid dienone is 1. The molecule has 1 aromatic heterocycles. The Balaban J connectivity index is 1.95. The molecule has 2 aromatic rings. The van der Waals surface area contributed by atoms with Crippen LogP contribution in [0.15, 0.2) is 30.3 Å². The first-order valence-corrected chi connectivity index (χ1v) is 9.93. The first-order valence-electron chi connectivity index (χ1n) is 7.69. The Morgan fingerprint density at radius 1 is 1.05 bits per heavy atom. The summed E-state index contributed by atoms with van der Waals surface area (Å²) in [5.41, 5.74) is 4.42. The first kappa shape index (κ1) is 15.4. The highest BCUT2D eigenvalue weighted by Gasteiger charge is 2.31. The van der Waals surface area contributed by atoms with Crippen LogP contribution < -0.4 is 0 Å². The van der Waals surface area contributed by atoms with Gasteiger partial charge >= 0.3 is 0 Å². The average Bonchev–Trinajstić information content (AvgIpc) is 2.89. The van der Waals surface area contributed by atoms with Gasteiger partial charge < -0.3 is 4.98 Å². The second-order valence-corrected chi connectivity index (χ2v) is 7.61. The maximum absolute atomic E-state index is 3.59. The van der Waals surface area contributed by atoms with Gasteiger partial charge in [0.25, 0.3) is 0 Å². The number of hydrogen-bond donors (Lipinski definition) is 1. The van der Waals surface area contributed by atoms with E-state index in [1.807, 2.05) is 0 Å². The number of fused-ring (bicyclic) bond motifs is 3. The van der Waals surface area contributed by atoms with Crippen molar-refractivity contribution in [2.24, 2.45) is 5.41 Å². The van der Waals surface area contributed by atoms with E-state index in [0.29, 0.717) is 5.41 Å². The summed E-state index contributed by atoms with van der Waals surface area (Å²) >= 11 is 7.19. The third-order valence-corrected chi connectivity index (χ3v) is 5.72. The predicted molar refractivity (Wildman–Crippen MR) is 99.5 cm³/mol. The molecular weight excluding hydrogens is 390 g/mol. The number of benzene rings is 1. The minimum atomic E-state index is 0.333. The number of alkyl halides is 2. The lowest BCUT2D eigenvalue weighted by atomic mass is 9.71. The number of aromatic nitrogens is 1. The van der Waals surface area contributed by atoms with Gasteiger partial charge in [-0.15, -0.1) is 0 Å². The lowest BCUT2D eigenvalue weighted by Gasteiger charge is -2.33. The average molecular weight is 411 g/mol. The summed E-state index contributed by atoms with van der Waals surface area (Å²) in [6.45, 7) is 0. The Kier molecular flexibility index (Phi) is 4.90. The van der Waals surface area contributed by atoms with Crippen LogP contribution >= 0.6 is 31.9 Å². The van der Waals surface area contributed by atoms with E-state index < -0.39 is 0 Å². The first-order chi connectivity index (χ1) is 10.3. The van der Waals surface area contributed by atoms with Crippen LogP contribution in [0, 0.1) is 5.41 Å².